The minimum absolute atomic E-state index is 0.382. The number of aromatic nitrogens is 3. The highest BCUT2D eigenvalue weighted by atomic mass is 16.1. The first kappa shape index (κ1) is 12.3. The summed E-state index contributed by atoms with van der Waals surface area (Å²) >= 11 is 0. The van der Waals surface area contributed by atoms with Gasteiger partial charge in [-0.25, -0.2) is 9.78 Å². The van der Waals surface area contributed by atoms with Crippen molar-refractivity contribution in [1.82, 2.24) is 15.0 Å². The molecule has 0 saturated heterocycles. The molecule has 2 aromatic heterocycles. The van der Waals surface area contributed by atoms with E-state index in [1.165, 1.54) is 5.57 Å². The van der Waals surface area contributed by atoms with E-state index in [0.29, 0.717) is 23.9 Å². The molecule has 5 nitrogen and oxygen atoms in total. The summed E-state index contributed by atoms with van der Waals surface area (Å²) in [6, 6.07) is 3.74. The number of nitrogens with one attached hydrogen (secondary N) is 2. The number of fused-ring (bicyclic) bond motifs is 2. The van der Waals surface area contributed by atoms with Crippen molar-refractivity contribution in [3.63, 3.8) is 0 Å². The number of hydrogen-bond acceptors (Lipinski definition) is 4. The minimum atomic E-state index is -0.382. The zero-order valence-electron chi connectivity index (χ0n) is 11.7. The molecule has 2 N–H and O–H groups in total. The van der Waals surface area contributed by atoms with Gasteiger partial charge in [-0.2, -0.15) is 4.98 Å². The van der Waals surface area contributed by atoms with Crippen LogP contribution in [0.25, 0.3) is 11.0 Å². The summed E-state index contributed by atoms with van der Waals surface area (Å²) in [7, 11) is 0. The van der Waals surface area contributed by atoms with Crippen LogP contribution in [0.15, 0.2) is 46.9 Å². The van der Waals surface area contributed by atoms with E-state index in [2.05, 4.69) is 45.4 Å². The molecule has 1 saturated carbocycles. The number of H-pyrrole nitrogens is 1. The molecular weight excluding hydrogens is 264 g/mol. The Bertz CT molecular complexity index is 820. The van der Waals surface area contributed by atoms with E-state index in [0.717, 1.165) is 17.2 Å². The van der Waals surface area contributed by atoms with Gasteiger partial charge in [-0.05, 0) is 35.5 Å². The van der Waals surface area contributed by atoms with E-state index in [4.69, 9.17) is 0 Å². The highest BCUT2D eigenvalue weighted by Gasteiger charge is 2.44. The fourth-order valence-electron chi connectivity index (χ4n) is 3.06. The summed E-state index contributed by atoms with van der Waals surface area (Å²) in [6.07, 6.45) is 8.45. The average molecular weight is 280 g/mol. The fraction of sp³-hybridized carbons (Fsp3) is 0.312. The quantitative estimate of drug-likeness (QED) is 0.903. The summed E-state index contributed by atoms with van der Waals surface area (Å²) in [5.74, 6) is 2.78. The summed E-state index contributed by atoms with van der Waals surface area (Å²) in [5.41, 5.74) is 1.43. The second-order valence-electron chi connectivity index (χ2n) is 5.76. The number of rotatable bonds is 3. The van der Waals surface area contributed by atoms with Crippen molar-refractivity contribution in [2.45, 2.75) is 6.92 Å². The van der Waals surface area contributed by atoms with Gasteiger partial charge in [0.15, 0.2) is 0 Å². The Morgan fingerprint density at radius 1 is 1.38 bits per heavy atom. The van der Waals surface area contributed by atoms with E-state index in [1.54, 1.807) is 6.20 Å². The van der Waals surface area contributed by atoms with Crippen molar-refractivity contribution in [1.29, 1.82) is 0 Å². The lowest BCUT2D eigenvalue weighted by atomic mass is 10.1. The van der Waals surface area contributed by atoms with Crippen molar-refractivity contribution < 1.29 is 0 Å². The predicted octanol–water partition coefficient (Wildman–Crippen LogP) is 2.11. The standard InChI is InChI=1S/C16H16N4O/c1-9-11-5-4-10(7-13(9)11)8-18-15-12-3-2-6-17-14(12)19-16(21)20-15/h2-7,9,11,13H,8H2,1H3,(H2,17,18,19,20,21). The molecule has 3 unspecified atom stereocenters. The van der Waals surface area contributed by atoms with E-state index in [9.17, 15) is 4.79 Å². The molecule has 0 spiro atoms. The summed E-state index contributed by atoms with van der Waals surface area (Å²) in [4.78, 5) is 22.4. The van der Waals surface area contributed by atoms with E-state index in [1.807, 2.05) is 12.1 Å². The Kier molecular flexibility index (Phi) is 2.67. The third-order valence-corrected chi connectivity index (χ3v) is 4.42. The van der Waals surface area contributed by atoms with Gasteiger partial charge in [0.25, 0.3) is 0 Å². The number of pyridine rings is 1. The molecule has 2 aromatic rings. The first-order valence-electron chi connectivity index (χ1n) is 7.20. The molecule has 0 radical (unpaired) electrons. The van der Waals surface area contributed by atoms with Crippen LogP contribution in [-0.4, -0.2) is 21.5 Å². The topological polar surface area (TPSA) is 70.7 Å². The van der Waals surface area contributed by atoms with Crippen LogP contribution in [0.1, 0.15) is 6.92 Å². The second-order valence-corrected chi connectivity index (χ2v) is 5.76. The van der Waals surface area contributed by atoms with Crippen LogP contribution in [0.4, 0.5) is 5.82 Å². The minimum Gasteiger partial charge on any atom is -0.365 e. The van der Waals surface area contributed by atoms with Crippen molar-refractivity contribution >= 4 is 16.9 Å². The van der Waals surface area contributed by atoms with Crippen LogP contribution in [0, 0.1) is 17.8 Å². The van der Waals surface area contributed by atoms with Crippen LogP contribution in [0.2, 0.25) is 0 Å². The van der Waals surface area contributed by atoms with Crippen molar-refractivity contribution in [3.8, 4) is 0 Å². The van der Waals surface area contributed by atoms with Gasteiger partial charge in [-0.15, -0.1) is 0 Å². The molecule has 0 bridgehead atoms. The van der Waals surface area contributed by atoms with Crippen molar-refractivity contribution in [3.05, 3.63) is 52.6 Å². The smallest absolute Gasteiger partial charge is 0.348 e. The molecule has 5 heteroatoms. The third kappa shape index (κ3) is 2.14. The molecule has 0 amide bonds. The summed E-state index contributed by atoms with van der Waals surface area (Å²) in [6.45, 7) is 2.96. The lowest BCUT2D eigenvalue weighted by Gasteiger charge is -2.10. The van der Waals surface area contributed by atoms with Gasteiger partial charge in [-0.1, -0.05) is 25.2 Å². The maximum atomic E-state index is 11.6. The summed E-state index contributed by atoms with van der Waals surface area (Å²) in [5, 5.41) is 4.09. The highest BCUT2D eigenvalue weighted by Crippen LogP contribution is 2.50. The Balaban J connectivity index is 1.59. The maximum absolute atomic E-state index is 11.6. The molecule has 2 heterocycles. The van der Waals surface area contributed by atoms with Gasteiger partial charge >= 0.3 is 5.69 Å². The van der Waals surface area contributed by atoms with Crippen LogP contribution >= 0.6 is 0 Å². The lowest BCUT2D eigenvalue weighted by molar-refractivity contribution is 0.884. The highest BCUT2D eigenvalue weighted by molar-refractivity contribution is 5.85. The molecule has 3 atom stereocenters. The Morgan fingerprint density at radius 2 is 2.29 bits per heavy atom. The molecule has 0 aliphatic heterocycles. The van der Waals surface area contributed by atoms with Gasteiger partial charge in [0.1, 0.15) is 11.5 Å². The third-order valence-electron chi connectivity index (χ3n) is 4.42. The number of aromatic amines is 1. The molecular formula is C16H16N4O. The first-order chi connectivity index (χ1) is 10.2. The molecule has 106 valence electrons. The van der Waals surface area contributed by atoms with Gasteiger partial charge in [0, 0.05) is 12.7 Å². The second kappa shape index (κ2) is 4.55. The Labute approximate surface area is 121 Å². The molecule has 21 heavy (non-hydrogen) atoms. The van der Waals surface area contributed by atoms with Crippen LogP contribution in [-0.2, 0) is 0 Å². The molecule has 2 aliphatic carbocycles. The predicted molar refractivity (Wildman–Crippen MR) is 82.0 cm³/mol. The van der Waals surface area contributed by atoms with Crippen LogP contribution in [0.3, 0.4) is 0 Å². The molecule has 1 fully saturated rings. The number of allylic oxidation sites excluding steroid dienone is 2. The SMILES string of the molecule is CC1C2C=CC(CNc3nc(=O)[nH]c4ncccc34)=CC12. The Morgan fingerprint density at radius 3 is 3.14 bits per heavy atom. The Hall–Kier alpha value is -2.43. The molecule has 4 rings (SSSR count). The monoisotopic (exact) mass is 280 g/mol. The van der Waals surface area contributed by atoms with Crippen molar-refractivity contribution in [2.24, 2.45) is 17.8 Å². The van der Waals surface area contributed by atoms with Crippen LogP contribution in [0.5, 0.6) is 0 Å². The fourth-order valence-corrected chi connectivity index (χ4v) is 3.06. The number of nitrogens with zero attached hydrogens (tertiary/aromatic N) is 2. The first-order valence-corrected chi connectivity index (χ1v) is 7.20. The van der Waals surface area contributed by atoms with Gasteiger partial charge in [-0.3, -0.25) is 4.98 Å². The lowest BCUT2D eigenvalue weighted by Crippen LogP contribution is -2.16. The van der Waals surface area contributed by atoms with Crippen molar-refractivity contribution in [2.75, 3.05) is 11.9 Å². The van der Waals surface area contributed by atoms with Gasteiger partial charge in [0.05, 0.1) is 5.39 Å². The largest absolute Gasteiger partial charge is 0.365 e. The normalized spacial score (nSPS) is 26.3. The van der Waals surface area contributed by atoms with Crippen LogP contribution < -0.4 is 11.0 Å². The summed E-state index contributed by atoms with van der Waals surface area (Å²) < 4.78 is 0. The van der Waals surface area contributed by atoms with E-state index in [-0.39, 0.29) is 5.69 Å². The zero-order chi connectivity index (χ0) is 14.4. The average Bonchev–Trinajstić information content (AvgIpc) is 3.14. The van der Waals surface area contributed by atoms with Gasteiger partial charge in [0.2, 0.25) is 0 Å². The molecule has 0 aromatic carbocycles. The number of anilines is 1. The van der Waals surface area contributed by atoms with Gasteiger partial charge < -0.3 is 5.32 Å². The molecule has 2 aliphatic rings. The van der Waals surface area contributed by atoms with E-state index >= 15 is 0 Å². The zero-order valence-corrected chi connectivity index (χ0v) is 11.7. The van der Waals surface area contributed by atoms with E-state index < -0.39 is 0 Å². The number of hydrogen-bond donors (Lipinski definition) is 2. The maximum Gasteiger partial charge on any atom is 0.348 e.